The van der Waals surface area contributed by atoms with E-state index in [0.717, 1.165) is 17.3 Å². The molecule has 5 heteroatoms. The third-order valence-electron chi connectivity index (χ3n) is 2.85. The van der Waals surface area contributed by atoms with Gasteiger partial charge in [0, 0.05) is 24.1 Å². The molecule has 0 bridgehead atoms. The fourth-order valence-corrected chi connectivity index (χ4v) is 2.40. The first-order valence-electron chi connectivity index (χ1n) is 10.3. The normalized spacial score (nSPS) is 24.7. The summed E-state index contributed by atoms with van der Waals surface area (Å²) in [6.45, 7) is -3.84. The van der Waals surface area contributed by atoms with E-state index in [9.17, 15) is 0 Å². The van der Waals surface area contributed by atoms with Crippen LogP contribution in [0.15, 0.2) is 6.08 Å². The summed E-state index contributed by atoms with van der Waals surface area (Å²) in [6.07, 6.45) is 1.10. The smallest absolute Gasteiger partial charge is 0.253 e. The maximum absolute atomic E-state index is 7.57. The molecule has 106 valence electrons. The number of likely N-dealkylation sites (N-methyl/N-ethyl adjacent to an activating group) is 1. The molecule has 0 unspecified atom stereocenters. The maximum Gasteiger partial charge on any atom is 0.253 e. The topological polar surface area (TPSA) is 38.2 Å². The van der Waals surface area contributed by atoms with Crippen LogP contribution in [-0.2, 0) is 0 Å². The Balaban J connectivity index is 1.86. The van der Waals surface area contributed by atoms with Gasteiger partial charge in [-0.05, 0) is 25.4 Å². The summed E-state index contributed by atoms with van der Waals surface area (Å²) >= 11 is 0.981. The molecule has 1 aromatic rings. The van der Waals surface area contributed by atoms with Crippen molar-refractivity contribution >= 4 is 17.3 Å². The Hall–Kier alpha value is -0.940. The van der Waals surface area contributed by atoms with Crippen LogP contribution >= 0.6 is 11.7 Å². The highest BCUT2D eigenvalue weighted by Crippen LogP contribution is 2.27. The van der Waals surface area contributed by atoms with E-state index >= 15 is 0 Å². The SMILES string of the molecule is [2H]C([2H])([2H])N1CCC=C(c2nsnc2OCCCCC([2H])([2H])C([2H])([2H])[2H])C1. The molecule has 0 aromatic carbocycles. The first-order chi connectivity index (χ1) is 12.4. The fourth-order valence-electron chi connectivity index (χ4n) is 1.87. The van der Waals surface area contributed by atoms with Crippen LogP contribution in [0.3, 0.4) is 0 Å². The van der Waals surface area contributed by atoms with E-state index in [1.165, 1.54) is 4.90 Å². The minimum Gasteiger partial charge on any atom is -0.475 e. The highest BCUT2D eigenvalue weighted by atomic mass is 32.1. The Morgan fingerprint density at radius 1 is 1.47 bits per heavy atom. The lowest BCUT2D eigenvalue weighted by molar-refractivity contribution is 0.294. The van der Waals surface area contributed by atoms with Gasteiger partial charge in [0.15, 0.2) is 0 Å². The Kier molecular flexibility index (Phi) is 2.87. The Bertz CT molecular complexity index is 656. The molecule has 0 fully saturated rings. The van der Waals surface area contributed by atoms with Gasteiger partial charge < -0.3 is 9.64 Å². The molecule has 2 heterocycles. The molecule has 0 N–H and O–H groups in total. The molecule has 0 spiro atoms. The second-order valence-corrected chi connectivity index (χ2v) is 4.87. The van der Waals surface area contributed by atoms with Crippen LogP contribution in [-0.4, -0.2) is 40.3 Å². The summed E-state index contributed by atoms with van der Waals surface area (Å²) in [5.74, 6) is 0.331. The van der Waals surface area contributed by atoms with Crippen molar-refractivity contribution in [3.05, 3.63) is 11.8 Å². The third kappa shape index (κ3) is 4.28. The van der Waals surface area contributed by atoms with Gasteiger partial charge in [-0.1, -0.05) is 32.1 Å². The minimum atomic E-state index is -2.64. The average molecular weight is 289 g/mol. The molecule has 1 aliphatic rings. The van der Waals surface area contributed by atoms with Gasteiger partial charge in [-0.15, -0.1) is 4.37 Å². The van der Waals surface area contributed by atoms with Crippen LogP contribution < -0.4 is 4.74 Å². The number of hydrogen-bond donors (Lipinski definition) is 0. The molecule has 1 aromatic heterocycles. The zero-order valence-electron chi connectivity index (χ0n) is 18.7. The standard InChI is InChI=1S/C14H23N3OS/c1-3-4-5-6-10-18-14-13(15-19-16-14)12-8-7-9-17(2)11-12/h8H,3-7,9-11H2,1-2H3/i1D3,2D3,3D2. The van der Waals surface area contributed by atoms with E-state index in [4.69, 9.17) is 15.7 Å². The van der Waals surface area contributed by atoms with Crippen molar-refractivity contribution < 1.29 is 15.7 Å². The van der Waals surface area contributed by atoms with Crippen LogP contribution in [0.5, 0.6) is 5.88 Å². The Morgan fingerprint density at radius 2 is 2.47 bits per heavy atom. The molecule has 19 heavy (non-hydrogen) atoms. The quantitative estimate of drug-likeness (QED) is 0.722. The molecule has 2 rings (SSSR count). The van der Waals surface area contributed by atoms with Gasteiger partial charge in [0.25, 0.3) is 5.88 Å². The predicted octanol–water partition coefficient (Wildman–Crippen LogP) is 3.22. The fraction of sp³-hybridized carbons (Fsp3) is 0.714. The summed E-state index contributed by atoms with van der Waals surface area (Å²) in [4.78, 5) is 1.41. The van der Waals surface area contributed by atoms with Crippen molar-refractivity contribution in [1.29, 1.82) is 0 Å². The minimum absolute atomic E-state index is 0.0757. The van der Waals surface area contributed by atoms with E-state index in [1.807, 2.05) is 6.08 Å². The van der Waals surface area contributed by atoms with E-state index in [1.54, 1.807) is 0 Å². The van der Waals surface area contributed by atoms with Crippen LogP contribution in [0.2, 0.25) is 0 Å². The maximum atomic E-state index is 7.57. The largest absolute Gasteiger partial charge is 0.475 e. The second kappa shape index (κ2) is 7.60. The molecule has 0 amide bonds. The summed E-state index contributed by atoms with van der Waals surface area (Å²) in [5, 5.41) is 0. The highest BCUT2D eigenvalue weighted by molar-refractivity contribution is 6.99. The number of unbranched alkanes of at least 4 members (excludes halogenated alkanes) is 1. The van der Waals surface area contributed by atoms with E-state index in [0.29, 0.717) is 37.4 Å². The monoisotopic (exact) mass is 289 g/mol. The lowest BCUT2D eigenvalue weighted by Crippen LogP contribution is -2.25. The number of hydrogen-bond acceptors (Lipinski definition) is 5. The van der Waals surface area contributed by atoms with Gasteiger partial charge >= 0.3 is 0 Å². The molecule has 0 saturated carbocycles. The zero-order chi connectivity index (χ0) is 20.3. The van der Waals surface area contributed by atoms with Crippen molar-refractivity contribution in [1.82, 2.24) is 13.6 Å². The first-order valence-corrected chi connectivity index (χ1v) is 7.05. The average Bonchev–Trinajstić information content (AvgIpc) is 3.01. The van der Waals surface area contributed by atoms with Crippen LogP contribution in [0, 0.1) is 0 Å². The Labute approximate surface area is 131 Å². The van der Waals surface area contributed by atoms with E-state index < -0.39 is 20.2 Å². The van der Waals surface area contributed by atoms with Crippen molar-refractivity contribution in [2.75, 3.05) is 26.7 Å². The van der Waals surface area contributed by atoms with Gasteiger partial charge in [-0.2, -0.15) is 4.37 Å². The van der Waals surface area contributed by atoms with Crippen molar-refractivity contribution in [2.45, 2.75) is 38.9 Å². The van der Waals surface area contributed by atoms with Gasteiger partial charge in [0.2, 0.25) is 0 Å². The summed E-state index contributed by atoms with van der Waals surface area (Å²) in [6, 6.07) is 0. The molecular formula is C14H23N3OS. The summed E-state index contributed by atoms with van der Waals surface area (Å²) in [7, 11) is 0. The van der Waals surface area contributed by atoms with Crippen LogP contribution in [0.1, 0.15) is 55.6 Å². The number of ether oxygens (including phenoxy) is 1. The van der Waals surface area contributed by atoms with Gasteiger partial charge in [0.05, 0.1) is 18.3 Å². The van der Waals surface area contributed by atoms with Crippen LogP contribution in [0.25, 0.3) is 5.57 Å². The third-order valence-corrected chi connectivity index (χ3v) is 3.36. The lowest BCUT2D eigenvalue weighted by atomic mass is 10.1. The molecule has 0 atom stereocenters. The molecule has 0 radical (unpaired) electrons. The number of rotatable bonds is 7. The molecule has 1 aliphatic heterocycles. The summed E-state index contributed by atoms with van der Waals surface area (Å²) < 4.78 is 73.3. The zero-order valence-corrected chi connectivity index (χ0v) is 11.5. The molecular weight excluding hydrogens is 258 g/mol. The molecule has 0 saturated heterocycles. The van der Waals surface area contributed by atoms with Crippen LogP contribution in [0.4, 0.5) is 0 Å². The lowest BCUT2D eigenvalue weighted by Gasteiger charge is -2.22. The Morgan fingerprint density at radius 3 is 3.37 bits per heavy atom. The van der Waals surface area contributed by atoms with Crippen molar-refractivity contribution in [3.63, 3.8) is 0 Å². The molecule has 4 nitrogen and oxygen atoms in total. The van der Waals surface area contributed by atoms with Gasteiger partial charge in [-0.3, -0.25) is 0 Å². The van der Waals surface area contributed by atoms with Gasteiger partial charge in [0.1, 0.15) is 5.69 Å². The number of aromatic nitrogens is 2. The van der Waals surface area contributed by atoms with Gasteiger partial charge in [-0.25, -0.2) is 0 Å². The van der Waals surface area contributed by atoms with E-state index in [2.05, 4.69) is 8.75 Å². The second-order valence-electron chi connectivity index (χ2n) is 4.34. The number of nitrogens with zero attached hydrogens (tertiary/aromatic N) is 3. The van der Waals surface area contributed by atoms with Crippen molar-refractivity contribution in [3.8, 4) is 5.88 Å². The highest BCUT2D eigenvalue weighted by Gasteiger charge is 2.18. The van der Waals surface area contributed by atoms with E-state index in [-0.39, 0.29) is 19.6 Å². The predicted molar refractivity (Wildman–Crippen MR) is 79.6 cm³/mol. The summed E-state index contributed by atoms with van der Waals surface area (Å²) in [5.41, 5.74) is 1.30. The first kappa shape index (κ1) is 7.18. The molecule has 0 aliphatic carbocycles. The van der Waals surface area contributed by atoms with Crippen molar-refractivity contribution in [2.24, 2.45) is 0 Å².